The summed E-state index contributed by atoms with van der Waals surface area (Å²) >= 11 is 0. The van der Waals surface area contributed by atoms with Crippen molar-refractivity contribution in [2.75, 3.05) is 52.9 Å². The number of hydrogen-bond acceptors (Lipinski definition) is 5. The predicted octanol–water partition coefficient (Wildman–Crippen LogP) is 0.552. The summed E-state index contributed by atoms with van der Waals surface area (Å²) in [5.41, 5.74) is 0.966. The highest BCUT2D eigenvalue weighted by molar-refractivity contribution is 5.80. The molecule has 8 heteroatoms. The molecule has 2 aliphatic rings. The van der Waals surface area contributed by atoms with Gasteiger partial charge in [0.1, 0.15) is 0 Å². The van der Waals surface area contributed by atoms with Crippen LogP contribution >= 0.6 is 0 Å². The maximum Gasteiger partial charge on any atom is 0.236 e. The summed E-state index contributed by atoms with van der Waals surface area (Å²) in [6.07, 6.45) is 3.16. The third kappa shape index (κ3) is 4.75. The third-order valence-corrected chi connectivity index (χ3v) is 5.09. The van der Waals surface area contributed by atoms with Gasteiger partial charge in [0.05, 0.1) is 18.8 Å². The van der Waals surface area contributed by atoms with Crippen molar-refractivity contribution in [2.24, 2.45) is 4.99 Å². The highest BCUT2D eigenvalue weighted by atomic mass is 16.5. The van der Waals surface area contributed by atoms with E-state index in [0.29, 0.717) is 13.1 Å². The molecule has 1 aromatic heterocycles. The molecule has 8 nitrogen and oxygen atoms in total. The van der Waals surface area contributed by atoms with E-state index in [1.165, 1.54) is 0 Å². The molecule has 1 N–H and O–H groups in total. The van der Waals surface area contributed by atoms with Crippen LogP contribution in [-0.4, -0.2) is 84.6 Å². The van der Waals surface area contributed by atoms with Crippen molar-refractivity contribution in [1.82, 2.24) is 25.2 Å². The molecule has 0 unspecified atom stereocenters. The van der Waals surface area contributed by atoms with Gasteiger partial charge in [0.15, 0.2) is 11.7 Å². The lowest BCUT2D eigenvalue weighted by Crippen LogP contribution is -2.54. The van der Waals surface area contributed by atoms with Crippen molar-refractivity contribution >= 4 is 11.9 Å². The van der Waals surface area contributed by atoms with Crippen LogP contribution in [0.15, 0.2) is 15.6 Å². The van der Waals surface area contributed by atoms with Gasteiger partial charge in [-0.15, -0.1) is 0 Å². The van der Waals surface area contributed by atoms with E-state index in [0.717, 1.165) is 75.9 Å². The summed E-state index contributed by atoms with van der Waals surface area (Å²) in [5, 5.41) is 7.35. The van der Waals surface area contributed by atoms with E-state index in [-0.39, 0.29) is 5.91 Å². The Morgan fingerprint density at radius 3 is 2.54 bits per heavy atom. The monoisotopic (exact) mass is 362 g/mol. The maximum absolute atomic E-state index is 12.3. The Morgan fingerprint density at radius 1 is 1.19 bits per heavy atom. The van der Waals surface area contributed by atoms with E-state index in [4.69, 9.17) is 4.52 Å². The Kier molecular flexibility index (Phi) is 6.49. The molecule has 0 aromatic carbocycles. The molecule has 0 atom stereocenters. The van der Waals surface area contributed by atoms with Crippen LogP contribution in [0.3, 0.4) is 0 Å². The number of nitrogens with one attached hydrogen (secondary N) is 1. The van der Waals surface area contributed by atoms with Crippen LogP contribution < -0.4 is 5.32 Å². The standard InChI is InChI=1S/C18H30N6O2/c1-3-15-12-16(26-21-15)13-20-18(19-2)24-10-8-22(9-11-24)14-17(25)23-6-4-5-7-23/h12H,3-11,13-14H2,1-2H3,(H,19,20). The third-order valence-electron chi connectivity index (χ3n) is 5.09. The van der Waals surface area contributed by atoms with Gasteiger partial charge in [-0.25, -0.2) is 0 Å². The van der Waals surface area contributed by atoms with E-state index in [9.17, 15) is 4.79 Å². The number of aliphatic imine (C=N–C) groups is 1. The van der Waals surface area contributed by atoms with Crippen LogP contribution in [0, 0.1) is 0 Å². The topological polar surface area (TPSA) is 77.2 Å². The molecule has 3 rings (SSSR count). The number of guanidine groups is 1. The number of carbonyl (C=O) groups excluding carboxylic acids is 1. The van der Waals surface area contributed by atoms with Gasteiger partial charge in [-0.3, -0.25) is 14.7 Å². The number of carbonyl (C=O) groups is 1. The van der Waals surface area contributed by atoms with Crippen molar-refractivity contribution in [2.45, 2.75) is 32.7 Å². The van der Waals surface area contributed by atoms with E-state index < -0.39 is 0 Å². The molecule has 1 amide bonds. The first-order valence-corrected chi connectivity index (χ1v) is 9.59. The summed E-state index contributed by atoms with van der Waals surface area (Å²) < 4.78 is 5.31. The summed E-state index contributed by atoms with van der Waals surface area (Å²) in [6, 6.07) is 1.97. The molecule has 2 saturated heterocycles. The average molecular weight is 362 g/mol. The van der Waals surface area contributed by atoms with Crippen molar-refractivity contribution in [3.63, 3.8) is 0 Å². The molecule has 0 aliphatic carbocycles. The number of aromatic nitrogens is 1. The fraction of sp³-hybridized carbons (Fsp3) is 0.722. The zero-order valence-corrected chi connectivity index (χ0v) is 15.9. The number of piperazine rings is 1. The molecule has 2 fully saturated rings. The lowest BCUT2D eigenvalue weighted by Gasteiger charge is -2.36. The summed E-state index contributed by atoms with van der Waals surface area (Å²) in [4.78, 5) is 23.1. The zero-order valence-electron chi connectivity index (χ0n) is 15.9. The minimum absolute atomic E-state index is 0.274. The molecular formula is C18H30N6O2. The summed E-state index contributed by atoms with van der Waals surface area (Å²) in [5.74, 6) is 1.96. The predicted molar refractivity (Wildman–Crippen MR) is 99.9 cm³/mol. The second kappa shape index (κ2) is 9.02. The van der Waals surface area contributed by atoms with E-state index in [2.05, 4.69) is 32.2 Å². The van der Waals surface area contributed by atoms with Crippen LogP contribution in [0.2, 0.25) is 0 Å². The quantitative estimate of drug-likeness (QED) is 0.609. The van der Waals surface area contributed by atoms with E-state index in [1.54, 1.807) is 7.05 Å². The fourth-order valence-corrected chi connectivity index (χ4v) is 3.48. The van der Waals surface area contributed by atoms with E-state index >= 15 is 0 Å². The van der Waals surface area contributed by atoms with Crippen LogP contribution in [-0.2, 0) is 17.8 Å². The van der Waals surface area contributed by atoms with E-state index in [1.807, 2.05) is 11.0 Å². The molecule has 0 bridgehead atoms. The van der Waals surface area contributed by atoms with Gasteiger partial charge in [-0.2, -0.15) is 0 Å². The van der Waals surface area contributed by atoms with Crippen molar-refractivity contribution < 1.29 is 9.32 Å². The fourth-order valence-electron chi connectivity index (χ4n) is 3.48. The number of hydrogen-bond donors (Lipinski definition) is 1. The normalized spacial score (nSPS) is 19.2. The lowest BCUT2D eigenvalue weighted by molar-refractivity contribution is -0.131. The molecule has 0 spiro atoms. The van der Waals surface area contributed by atoms with Gasteiger partial charge in [-0.1, -0.05) is 12.1 Å². The van der Waals surface area contributed by atoms with Gasteiger partial charge in [-0.05, 0) is 19.3 Å². The van der Waals surface area contributed by atoms with Crippen LogP contribution in [0.1, 0.15) is 31.2 Å². The first kappa shape index (κ1) is 18.7. The van der Waals surface area contributed by atoms with Gasteiger partial charge >= 0.3 is 0 Å². The van der Waals surface area contributed by atoms with Crippen LogP contribution in [0.4, 0.5) is 0 Å². The Morgan fingerprint density at radius 2 is 1.92 bits per heavy atom. The average Bonchev–Trinajstić information content (AvgIpc) is 3.35. The number of rotatable bonds is 5. The Labute approximate surface area is 155 Å². The minimum Gasteiger partial charge on any atom is -0.359 e. The molecule has 1 aromatic rings. The smallest absolute Gasteiger partial charge is 0.236 e. The van der Waals surface area contributed by atoms with Crippen molar-refractivity contribution in [3.8, 4) is 0 Å². The lowest BCUT2D eigenvalue weighted by atomic mass is 10.3. The van der Waals surface area contributed by atoms with Gasteiger partial charge in [0, 0.05) is 52.4 Å². The second-order valence-electron chi connectivity index (χ2n) is 6.89. The Balaban J connectivity index is 1.42. The Bertz CT molecular complexity index is 615. The minimum atomic E-state index is 0.274. The van der Waals surface area contributed by atoms with Gasteiger partial charge in [0.25, 0.3) is 0 Å². The molecule has 0 saturated carbocycles. The summed E-state index contributed by atoms with van der Waals surface area (Å²) in [6.45, 7) is 8.51. The molecule has 2 aliphatic heterocycles. The number of amides is 1. The first-order chi connectivity index (χ1) is 12.7. The molecule has 26 heavy (non-hydrogen) atoms. The molecule has 0 radical (unpaired) electrons. The number of nitrogens with zero attached hydrogens (tertiary/aromatic N) is 5. The number of likely N-dealkylation sites (tertiary alicyclic amines) is 1. The van der Waals surface area contributed by atoms with Gasteiger partial charge < -0.3 is 19.6 Å². The molecular weight excluding hydrogens is 332 g/mol. The largest absolute Gasteiger partial charge is 0.359 e. The SMILES string of the molecule is CCc1cc(CNC(=NC)N2CCN(CC(=O)N3CCCC3)CC2)on1. The molecule has 3 heterocycles. The van der Waals surface area contributed by atoms with Crippen molar-refractivity contribution in [3.05, 3.63) is 17.5 Å². The Hall–Kier alpha value is -2.09. The highest BCUT2D eigenvalue weighted by Gasteiger charge is 2.24. The first-order valence-electron chi connectivity index (χ1n) is 9.59. The van der Waals surface area contributed by atoms with Crippen LogP contribution in [0.5, 0.6) is 0 Å². The number of aryl methyl sites for hydroxylation is 1. The second-order valence-corrected chi connectivity index (χ2v) is 6.89. The highest BCUT2D eigenvalue weighted by Crippen LogP contribution is 2.10. The van der Waals surface area contributed by atoms with Crippen molar-refractivity contribution in [1.29, 1.82) is 0 Å². The maximum atomic E-state index is 12.3. The van der Waals surface area contributed by atoms with Crippen LogP contribution in [0.25, 0.3) is 0 Å². The molecule has 144 valence electrons. The zero-order chi connectivity index (χ0) is 18.4. The summed E-state index contributed by atoms with van der Waals surface area (Å²) in [7, 11) is 1.80. The van der Waals surface area contributed by atoms with Gasteiger partial charge in [0.2, 0.25) is 5.91 Å².